The van der Waals surface area contributed by atoms with Crippen molar-refractivity contribution in [2.24, 2.45) is 0 Å². The first-order chi connectivity index (χ1) is 15.3. The van der Waals surface area contributed by atoms with Crippen LogP contribution in [0.3, 0.4) is 0 Å². The molecule has 1 heterocycles. The normalized spacial score (nSPS) is 14.2. The molecule has 2 aromatic carbocycles. The first kappa shape index (κ1) is 23.7. The second-order valence-corrected chi connectivity index (χ2v) is 8.35. The molecule has 2 atom stereocenters. The highest BCUT2D eigenvalue weighted by Crippen LogP contribution is 2.39. The Hall–Kier alpha value is -2.93. The van der Waals surface area contributed by atoms with Crippen molar-refractivity contribution in [3.8, 4) is 23.0 Å². The van der Waals surface area contributed by atoms with E-state index in [0.29, 0.717) is 17.1 Å². The lowest BCUT2D eigenvalue weighted by Crippen LogP contribution is -2.23. The van der Waals surface area contributed by atoms with Crippen LogP contribution in [0.1, 0.15) is 46.8 Å². The van der Waals surface area contributed by atoms with Crippen LogP contribution < -0.4 is 18.9 Å². The van der Waals surface area contributed by atoms with Gasteiger partial charge in [0.25, 0.3) is 0 Å². The van der Waals surface area contributed by atoms with Gasteiger partial charge in [-0.2, -0.15) is 0 Å². The molecule has 0 N–H and O–H groups in total. The molecule has 0 radical (unpaired) electrons. The van der Waals surface area contributed by atoms with Gasteiger partial charge in [-0.15, -0.1) is 0 Å². The Morgan fingerprint density at radius 2 is 1.78 bits per heavy atom. The fourth-order valence-corrected chi connectivity index (χ4v) is 3.85. The van der Waals surface area contributed by atoms with E-state index < -0.39 is 5.97 Å². The van der Waals surface area contributed by atoms with Crippen LogP contribution in [0.4, 0.5) is 0 Å². The molecule has 2 unspecified atom stereocenters. The minimum atomic E-state index is -0.437. The average Bonchev–Trinajstić information content (AvgIpc) is 3.23. The van der Waals surface area contributed by atoms with Gasteiger partial charge in [-0.1, -0.05) is 13.0 Å². The second kappa shape index (κ2) is 10.1. The molecule has 174 valence electrons. The lowest BCUT2D eigenvalue weighted by atomic mass is 9.89. The molecule has 0 aromatic heterocycles. The maximum Gasteiger partial charge on any atom is 0.342 e. The number of methoxy groups -OCH3 is 2. The first-order valence-electron chi connectivity index (χ1n) is 10.8. The van der Waals surface area contributed by atoms with Crippen molar-refractivity contribution in [2.45, 2.75) is 39.2 Å². The van der Waals surface area contributed by atoms with E-state index in [9.17, 15) is 4.79 Å². The number of carbonyl (C=O) groups is 1. The van der Waals surface area contributed by atoms with Crippen LogP contribution in [0.25, 0.3) is 0 Å². The first-order valence-corrected chi connectivity index (χ1v) is 10.8. The van der Waals surface area contributed by atoms with E-state index >= 15 is 0 Å². The number of aryl methyl sites for hydroxylation is 1. The Morgan fingerprint density at radius 1 is 1.09 bits per heavy atom. The Bertz CT molecular complexity index is 971. The van der Waals surface area contributed by atoms with E-state index in [0.717, 1.165) is 41.2 Å². The summed E-state index contributed by atoms with van der Waals surface area (Å²) in [6.45, 7) is 6.94. The van der Waals surface area contributed by atoms with Crippen LogP contribution in [0.5, 0.6) is 23.0 Å². The molecule has 0 saturated heterocycles. The summed E-state index contributed by atoms with van der Waals surface area (Å²) in [5.41, 5.74) is 3.39. The number of carbonyl (C=O) groups excluding carboxylic acids is 1. The second-order valence-electron chi connectivity index (χ2n) is 8.35. The zero-order valence-electron chi connectivity index (χ0n) is 20.0. The zero-order chi connectivity index (χ0) is 23.4. The zero-order valence-corrected chi connectivity index (χ0v) is 20.0. The lowest BCUT2D eigenvalue weighted by molar-refractivity contribution is 0.0287. The monoisotopic (exact) mass is 443 g/mol. The number of benzene rings is 2. The van der Waals surface area contributed by atoms with Gasteiger partial charge in [-0.3, -0.25) is 0 Å². The van der Waals surface area contributed by atoms with Crippen LogP contribution in [0, 0.1) is 6.92 Å². The number of fused-ring (bicyclic) bond motifs is 1. The molecule has 0 saturated carbocycles. The summed E-state index contributed by atoms with van der Waals surface area (Å²) in [5.74, 6) is 1.87. The molecule has 0 spiro atoms. The van der Waals surface area contributed by atoms with E-state index in [-0.39, 0.29) is 18.8 Å². The summed E-state index contributed by atoms with van der Waals surface area (Å²) in [6, 6.07) is 7.66. The van der Waals surface area contributed by atoms with Gasteiger partial charge in [0.15, 0.2) is 23.0 Å². The number of esters is 1. The third kappa shape index (κ3) is 4.93. The highest BCUT2D eigenvalue weighted by molar-refractivity contribution is 5.95. The maximum atomic E-state index is 13.1. The van der Waals surface area contributed by atoms with Gasteiger partial charge in [0.1, 0.15) is 11.7 Å². The Morgan fingerprint density at radius 3 is 2.41 bits per heavy atom. The predicted molar refractivity (Wildman–Crippen MR) is 122 cm³/mol. The average molecular weight is 444 g/mol. The predicted octanol–water partition coefficient (Wildman–Crippen LogP) is 4.19. The topological polar surface area (TPSA) is 66.5 Å². The molecule has 1 aliphatic rings. The molecule has 0 fully saturated rings. The molecular formula is C25H33NO6. The van der Waals surface area contributed by atoms with Gasteiger partial charge in [-0.05, 0) is 69.3 Å². The van der Waals surface area contributed by atoms with Crippen LogP contribution in [-0.2, 0) is 11.2 Å². The Labute approximate surface area is 190 Å². The lowest BCUT2D eigenvalue weighted by Gasteiger charge is -2.25. The number of hydrogen-bond donors (Lipinski definition) is 0. The number of likely N-dealkylation sites (N-methyl/N-ethyl adjacent to an activating group) is 1. The highest BCUT2D eigenvalue weighted by Gasteiger charge is 2.28. The summed E-state index contributed by atoms with van der Waals surface area (Å²) in [7, 11) is 7.15. The van der Waals surface area contributed by atoms with Gasteiger partial charge in [0.05, 0.1) is 14.2 Å². The van der Waals surface area contributed by atoms with Crippen molar-refractivity contribution < 1.29 is 28.5 Å². The SMILES string of the molecule is COc1ccc(C)c(C(=O)OC(C)C(C)c2cc3c(cc2CCN(C)C)OCO3)c1OC. The molecule has 0 amide bonds. The van der Waals surface area contributed by atoms with E-state index in [4.69, 9.17) is 23.7 Å². The van der Waals surface area contributed by atoms with Crippen molar-refractivity contribution in [3.05, 3.63) is 46.5 Å². The van der Waals surface area contributed by atoms with Gasteiger partial charge in [0, 0.05) is 12.5 Å². The standard InChI is InChI=1S/C25H33NO6/c1-15-8-9-20(28-6)24(29-7)23(15)25(27)32-17(3)16(2)19-13-22-21(30-14-31-22)12-18(19)10-11-26(4)5/h8-9,12-13,16-17H,10-11,14H2,1-7H3. The van der Waals surface area contributed by atoms with Crippen LogP contribution >= 0.6 is 0 Å². The summed E-state index contributed by atoms with van der Waals surface area (Å²) >= 11 is 0. The van der Waals surface area contributed by atoms with Crippen molar-refractivity contribution >= 4 is 5.97 Å². The van der Waals surface area contributed by atoms with E-state index in [1.807, 2.05) is 46.1 Å². The van der Waals surface area contributed by atoms with Crippen LogP contribution in [0.2, 0.25) is 0 Å². The van der Waals surface area contributed by atoms with Crippen molar-refractivity contribution in [2.75, 3.05) is 41.7 Å². The third-order valence-corrected chi connectivity index (χ3v) is 5.91. The summed E-state index contributed by atoms with van der Waals surface area (Å²) in [5, 5.41) is 0. The minimum Gasteiger partial charge on any atom is -0.493 e. The van der Waals surface area contributed by atoms with Crippen molar-refractivity contribution in [1.82, 2.24) is 4.90 Å². The number of nitrogens with zero attached hydrogens (tertiary/aromatic N) is 1. The van der Waals surface area contributed by atoms with Gasteiger partial charge >= 0.3 is 5.97 Å². The summed E-state index contributed by atoms with van der Waals surface area (Å²) in [4.78, 5) is 15.3. The Kier molecular flexibility index (Phi) is 7.51. The quantitative estimate of drug-likeness (QED) is 0.538. The summed E-state index contributed by atoms with van der Waals surface area (Å²) < 4.78 is 27.9. The smallest absolute Gasteiger partial charge is 0.342 e. The number of rotatable bonds is 9. The highest BCUT2D eigenvalue weighted by atomic mass is 16.7. The molecule has 32 heavy (non-hydrogen) atoms. The molecule has 7 heteroatoms. The maximum absolute atomic E-state index is 13.1. The van der Waals surface area contributed by atoms with Crippen LogP contribution in [-0.4, -0.2) is 58.6 Å². The van der Waals surface area contributed by atoms with Crippen molar-refractivity contribution in [3.63, 3.8) is 0 Å². The molecule has 0 aliphatic carbocycles. The molecule has 2 aromatic rings. The molecule has 0 bridgehead atoms. The van der Waals surface area contributed by atoms with E-state index in [1.165, 1.54) is 7.11 Å². The van der Waals surface area contributed by atoms with E-state index in [2.05, 4.69) is 11.8 Å². The summed E-state index contributed by atoms with van der Waals surface area (Å²) in [6.07, 6.45) is 0.476. The third-order valence-electron chi connectivity index (χ3n) is 5.91. The van der Waals surface area contributed by atoms with Crippen LogP contribution in [0.15, 0.2) is 24.3 Å². The molecule has 1 aliphatic heterocycles. The fourth-order valence-electron chi connectivity index (χ4n) is 3.85. The largest absolute Gasteiger partial charge is 0.493 e. The molecule has 7 nitrogen and oxygen atoms in total. The van der Waals surface area contributed by atoms with E-state index in [1.54, 1.807) is 13.2 Å². The number of hydrogen-bond acceptors (Lipinski definition) is 7. The fraction of sp³-hybridized carbons (Fsp3) is 0.480. The molecule has 3 rings (SSSR count). The number of ether oxygens (including phenoxy) is 5. The van der Waals surface area contributed by atoms with Gasteiger partial charge in [-0.25, -0.2) is 4.79 Å². The minimum absolute atomic E-state index is 0.0532. The van der Waals surface area contributed by atoms with Crippen molar-refractivity contribution in [1.29, 1.82) is 0 Å². The molecular weight excluding hydrogens is 410 g/mol. The Balaban J connectivity index is 1.86. The van der Waals surface area contributed by atoms with Gasteiger partial charge in [0.2, 0.25) is 6.79 Å². The van der Waals surface area contributed by atoms with Gasteiger partial charge < -0.3 is 28.6 Å².